The molecule has 144 valence electrons. The van der Waals surface area contributed by atoms with Crippen molar-refractivity contribution in [2.24, 2.45) is 7.05 Å². The van der Waals surface area contributed by atoms with Crippen LogP contribution in [-0.4, -0.2) is 32.2 Å². The number of aromatic amines is 1. The molecule has 0 bridgehead atoms. The fourth-order valence-electron chi connectivity index (χ4n) is 3.81. The lowest BCUT2D eigenvalue weighted by Crippen LogP contribution is -2.21. The average molecular weight is 387 g/mol. The number of carbonyl (C=O) groups is 1. The van der Waals surface area contributed by atoms with E-state index in [0.717, 1.165) is 22.3 Å². The van der Waals surface area contributed by atoms with Gasteiger partial charge in [0.1, 0.15) is 6.61 Å². The number of nitrogens with one attached hydrogen (secondary N) is 2. The van der Waals surface area contributed by atoms with Crippen molar-refractivity contribution in [3.05, 3.63) is 76.3 Å². The minimum Gasteiger partial charge on any atom is -0.448 e. The van der Waals surface area contributed by atoms with Crippen molar-refractivity contribution in [2.75, 3.05) is 11.9 Å². The van der Waals surface area contributed by atoms with Crippen LogP contribution in [0.4, 0.5) is 10.7 Å². The molecule has 0 aliphatic heterocycles. The summed E-state index contributed by atoms with van der Waals surface area (Å²) in [5, 5.41) is 2.49. The number of ether oxygens (including phenoxy) is 1. The van der Waals surface area contributed by atoms with Gasteiger partial charge in [-0.25, -0.2) is 9.78 Å². The molecule has 4 aromatic rings. The Balaban J connectivity index is 1.35. The van der Waals surface area contributed by atoms with Gasteiger partial charge in [0.2, 0.25) is 5.95 Å². The second kappa shape index (κ2) is 6.59. The fourth-order valence-corrected chi connectivity index (χ4v) is 3.81. The lowest BCUT2D eigenvalue weighted by molar-refractivity contribution is 0.158. The molecule has 0 unspecified atom stereocenters. The Morgan fingerprint density at radius 1 is 1.14 bits per heavy atom. The van der Waals surface area contributed by atoms with Crippen molar-refractivity contribution < 1.29 is 9.53 Å². The van der Waals surface area contributed by atoms with Gasteiger partial charge in [-0.1, -0.05) is 48.5 Å². The lowest BCUT2D eigenvalue weighted by Gasteiger charge is -2.14. The third kappa shape index (κ3) is 2.85. The first kappa shape index (κ1) is 17.2. The molecule has 5 rings (SSSR count). The lowest BCUT2D eigenvalue weighted by atomic mass is 9.98. The third-order valence-electron chi connectivity index (χ3n) is 5.13. The maximum atomic E-state index is 12.3. The van der Waals surface area contributed by atoms with Crippen LogP contribution in [0.25, 0.3) is 22.3 Å². The predicted molar refractivity (Wildman–Crippen MR) is 108 cm³/mol. The summed E-state index contributed by atoms with van der Waals surface area (Å²) < 4.78 is 7.08. The summed E-state index contributed by atoms with van der Waals surface area (Å²) in [7, 11) is 1.72. The van der Waals surface area contributed by atoms with Crippen LogP contribution in [0.15, 0.2) is 59.7 Å². The van der Waals surface area contributed by atoms with E-state index in [0.29, 0.717) is 5.65 Å². The van der Waals surface area contributed by atoms with Crippen LogP contribution in [0.1, 0.15) is 17.0 Å². The van der Waals surface area contributed by atoms with Crippen LogP contribution in [0, 0.1) is 0 Å². The van der Waals surface area contributed by atoms with E-state index in [1.165, 1.54) is 6.33 Å². The number of rotatable bonds is 3. The Morgan fingerprint density at radius 3 is 2.48 bits per heavy atom. The van der Waals surface area contributed by atoms with E-state index in [4.69, 9.17) is 4.74 Å². The Hall–Kier alpha value is -3.94. The van der Waals surface area contributed by atoms with Crippen LogP contribution in [0.3, 0.4) is 0 Å². The average Bonchev–Trinajstić information content (AvgIpc) is 3.25. The van der Waals surface area contributed by atoms with Gasteiger partial charge in [-0.05, 0) is 22.3 Å². The van der Waals surface area contributed by atoms with Gasteiger partial charge < -0.3 is 9.30 Å². The predicted octanol–water partition coefficient (Wildman–Crippen LogP) is 3.02. The summed E-state index contributed by atoms with van der Waals surface area (Å²) in [6, 6.07) is 16.2. The van der Waals surface area contributed by atoms with Crippen LogP contribution in [-0.2, 0) is 11.8 Å². The number of benzene rings is 2. The maximum absolute atomic E-state index is 12.3. The van der Waals surface area contributed by atoms with Crippen LogP contribution in [0.5, 0.6) is 0 Å². The van der Waals surface area contributed by atoms with Crippen molar-refractivity contribution in [1.82, 2.24) is 19.5 Å². The van der Waals surface area contributed by atoms with E-state index in [1.54, 1.807) is 11.6 Å². The highest BCUT2D eigenvalue weighted by atomic mass is 16.5. The normalized spacial score (nSPS) is 12.6. The number of amides is 1. The Kier molecular flexibility index (Phi) is 3.90. The van der Waals surface area contributed by atoms with Gasteiger partial charge in [-0.15, -0.1) is 0 Å². The molecule has 1 aliphatic rings. The third-order valence-corrected chi connectivity index (χ3v) is 5.13. The topological polar surface area (TPSA) is 102 Å². The molecule has 2 aromatic heterocycles. The Labute approximate surface area is 165 Å². The summed E-state index contributed by atoms with van der Waals surface area (Å²) in [6.45, 7) is 0.179. The minimum absolute atomic E-state index is 0.0170. The number of H-pyrrole nitrogens is 1. The molecule has 29 heavy (non-hydrogen) atoms. The summed E-state index contributed by atoms with van der Waals surface area (Å²) in [5.74, 6) is -0.0250. The summed E-state index contributed by atoms with van der Waals surface area (Å²) >= 11 is 0. The number of aromatic nitrogens is 4. The van der Waals surface area contributed by atoms with Crippen molar-refractivity contribution in [2.45, 2.75) is 5.92 Å². The first-order valence-electron chi connectivity index (χ1n) is 9.15. The number of hydrogen-bond donors (Lipinski definition) is 2. The SMILES string of the molecule is Cn1cnc2c(=O)[nH]c(NC(=O)OCC3c4ccccc4-c4ccccc43)nc21. The van der Waals surface area contributed by atoms with Gasteiger partial charge in [-0.2, -0.15) is 4.98 Å². The Bertz CT molecular complexity index is 1260. The zero-order chi connectivity index (χ0) is 20.0. The molecule has 0 saturated heterocycles. The van der Waals surface area contributed by atoms with E-state index in [9.17, 15) is 9.59 Å². The molecule has 2 aromatic carbocycles. The van der Waals surface area contributed by atoms with Gasteiger partial charge in [0.05, 0.1) is 6.33 Å². The number of fused-ring (bicyclic) bond motifs is 4. The fraction of sp³-hybridized carbons (Fsp3) is 0.143. The van der Waals surface area contributed by atoms with E-state index in [-0.39, 0.29) is 24.0 Å². The second-order valence-corrected chi connectivity index (χ2v) is 6.89. The summed E-state index contributed by atoms with van der Waals surface area (Å²) in [4.78, 5) is 35.1. The van der Waals surface area contributed by atoms with Gasteiger partial charge in [0, 0.05) is 13.0 Å². The minimum atomic E-state index is -0.684. The van der Waals surface area contributed by atoms with E-state index in [1.807, 2.05) is 24.3 Å². The molecule has 1 amide bonds. The highest BCUT2D eigenvalue weighted by Crippen LogP contribution is 2.44. The highest BCUT2D eigenvalue weighted by Gasteiger charge is 2.29. The van der Waals surface area contributed by atoms with Gasteiger partial charge >= 0.3 is 6.09 Å². The second-order valence-electron chi connectivity index (χ2n) is 6.89. The standard InChI is InChI=1S/C21H17N5O3/c1-26-11-22-17-18(26)23-20(24-19(17)27)25-21(28)29-10-16-14-8-4-2-6-12(14)13-7-3-5-9-15(13)16/h2-9,11,16H,10H2,1H3,(H2,23,24,25,27,28). The molecule has 0 saturated carbocycles. The molecule has 1 aliphatic carbocycles. The molecule has 0 radical (unpaired) electrons. The molecule has 2 N–H and O–H groups in total. The van der Waals surface area contributed by atoms with Gasteiger partial charge in [-0.3, -0.25) is 15.1 Å². The molecule has 8 nitrogen and oxygen atoms in total. The quantitative estimate of drug-likeness (QED) is 0.563. The first-order valence-corrected chi connectivity index (χ1v) is 9.15. The van der Waals surface area contributed by atoms with Gasteiger partial charge in [0.15, 0.2) is 11.2 Å². The van der Waals surface area contributed by atoms with Crippen molar-refractivity contribution in [1.29, 1.82) is 0 Å². The first-order chi connectivity index (χ1) is 14.1. The number of hydrogen-bond acceptors (Lipinski definition) is 5. The van der Waals surface area contributed by atoms with Crippen molar-refractivity contribution in [3.63, 3.8) is 0 Å². The van der Waals surface area contributed by atoms with Crippen LogP contribution < -0.4 is 10.9 Å². The molecule has 2 heterocycles. The summed E-state index contributed by atoms with van der Waals surface area (Å²) in [5.41, 5.74) is 4.74. The molecular weight excluding hydrogens is 370 g/mol. The monoisotopic (exact) mass is 387 g/mol. The number of aryl methyl sites for hydroxylation is 1. The van der Waals surface area contributed by atoms with Gasteiger partial charge in [0.25, 0.3) is 5.56 Å². The number of carbonyl (C=O) groups excluding carboxylic acids is 1. The van der Waals surface area contributed by atoms with Crippen molar-refractivity contribution >= 4 is 23.2 Å². The summed E-state index contributed by atoms with van der Waals surface area (Å²) in [6.07, 6.45) is 0.806. The van der Waals surface area contributed by atoms with Crippen LogP contribution in [0.2, 0.25) is 0 Å². The smallest absolute Gasteiger partial charge is 0.414 e. The molecule has 0 spiro atoms. The van der Waals surface area contributed by atoms with E-state index < -0.39 is 11.7 Å². The van der Waals surface area contributed by atoms with E-state index >= 15 is 0 Å². The Morgan fingerprint density at radius 2 is 1.79 bits per heavy atom. The maximum Gasteiger partial charge on any atom is 0.414 e. The molecule has 8 heteroatoms. The van der Waals surface area contributed by atoms with Crippen molar-refractivity contribution in [3.8, 4) is 11.1 Å². The number of anilines is 1. The molecule has 0 atom stereocenters. The highest BCUT2D eigenvalue weighted by molar-refractivity contribution is 5.84. The number of nitrogens with zero attached hydrogens (tertiary/aromatic N) is 3. The van der Waals surface area contributed by atoms with Crippen LogP contribution >= 0.6 is 0 Å². The molecule has 0 fully saturated rings. The molecular formula is C21H17N5O3. The number of imidazole rings is 1. The zero-order valence-electron chi connectivity index (χ0n) is 15.5. The van der Waals surface area contributed by atoms with E-state index in [2.05, 4.69) is 44.5 Å². The largest absolute Gasteiger partial charge is 0.448 e. The zero-order valence-corrected chi connectivity index (χ0v) is 15.5.